The number of ether oxygens (including phenoxy) is 1. The zero-order chi connectivity index (χ0) is 12.9. The first-order valence-electron chi connectivity index (χ1n) is 6.94. The van der Waals surface area contributed by atoms with Gasteiger partial charge in [0, 0.05) is 25.2 Å². The van der Waals surface area contributed by atoms with Crippen LogP contribution in [0.15, 0.2) is 0 Å². The number of nitrogens with zero attached hydrogens (tertiary/aromatic N) is 1. The van der Waals surface area contributed by atoms with E-state index in [4.69, 9.17) is 4.74 Å². The maximum absolute atomic E-state index is 5.30. The lowest BCUT2D eigenvalue weighted by molar-refractivity contribution is 0.100. The van der Waals surface area contributed by atoms with Crippen molar-refractivity contribution < 1.29 is 4.74 Å². The average Bonchev–Trinajstić information content (AvgIpc) is 2.70. The third kappa shape index (κ3) is 5.36. The van der Waals surface area contributed by atoms with Crippen molar-refractivity contribution in [3.63, 3.8) is 0 Å². The largest absolute Gasteiger partial charge is 0.383 e. The smallest absolute Gasteiger partial charge is 0.0617 e. The summed E-state index contributed by atoms with van der Waals surface area (Å²) >= 11 is 0. The van der Waals surface area contributed by atoms with Crippen molar-refractivity contribution in [2.75, 3.05) is 33.4 Å². The molecule has 0 aliphatic carbocycles. The van der Waals surface area contributed by atoms with Gasteiger partial charge in [0.25, 0.3) is 0 Å². The molecule has 0 spiro atoms. The van der Waals surface area contributed by atoms with E-state index in [9.17, 15) is 0 Å². The van der Waals surface area contributed by atoms with Crippen molar-refractivity contribution in [2.45, 2.75) is 52.1 Å². The predicted octanol–water partition coefficient (Wildman–Crippen LogP) is 2.12. The Balaban J connectivity index is 2.31. The fourth-order valence-corrected chi connectivity index (χ4v) is 2.49. The SMILES string of the molecule is CCC(COC)N1CCC(CNC(C)(C)C)C1. The fraction of sp³-hybridized carbons (Fsp3) is 1.00. The van der Waals surface area contributed by atoms with Crippen molar-refractivity contribution in [2.24, 2.45) is 5.92 Å². The van der Waals surface area contributed by atoms with E-state index in [-0.39, 0.29) is 5.54 Å². The highest BCUT2D eigenvalue weighted by Gasteiger charge is 2.27. The van der Waals surface area contributed by atoms with Gasteiger partial charge in [-0.15, -0.1) is 0 Å². The highest BCUT2D eigenvalue weighted by Crippen LogP contribution is 2.20. The molecule has 1 aliphatic rings. The quantitative estimate of drug-likeness (QED) is 0.772. The van der Waals surface area contributed by atoms with Gasteiger partial charge in [-0.2, -0.15) is 0 Å². The third-order valence-corrected chi connectivity index (χ3v) is 3.59. The van der Waals surface area contributed by atoms with Gasteiger partial charge in [-0.1, -0.05) is 6.92 Å². The van der Waals surface area contributed by atoms with Crippen molar-refractivity contribution in [3.05, 3.63) is 0 Å². The van der Waals surface area contributed by atoms with Crippen molar-refractivity contribution in [3.8, 4) is 0 Å². The van der Waals surface area contributed by atoms with E-state index in [1.54, 1.807) is 7.11 Å². The first-order chi connectivity index (χ1) is 7.96. The Morgan fingerprint density at radius 2 is 2.12 bits per heavy atom. The maximum atomic E-state index is 5.30. The Morgan fingerprint density at radius 1 is 1.41 bits per heavy atom. The van der Waals surface area contributed by atoms with Crippen molar-refractivity contribution in [1.82, 2.24) is 10.2 Å². The van der Waals surface area contributed by atoms with Gasteiger partial charge < -0.3 is 10.1 Å². The van der Waals surface area contributed by atoms with E-state index in [1.165, 1.54) is 25.9 Å². The minimum atomic E-state index is 0.240. The number of likely N-dealkylation sites (tertiary alicyclic amines) is 1. The molecule has 2 unspecified atom stereocenters. The molecule has 17 heavy (non-hydrogen) atoms. The standard InChI is InChI=1S/C14H30N2O/c1-6-13(11-17-5)16-8-7-12(10-16)9-15-14(2,3)4/h12-13,15H,6-11H2,1-5H3. The summed E-state index contributed by atoms with van der Waals surface area (Å²) in [4.78, 5) is 2.60. The van der Waals surface area contributed by atoms with Crippen LogP contribution >= 0.6 is 0 Å². The molecule has 1 aliphatic heterocycles. The van der Waals surface area contributed by atoms with E-state index < -0.39 is 0 Å². The van der Waals surface area contributed by atoms with Crippen molar-refractivity contribution in [1.29, 1.82) is 0 Å². The maximum Gasteiger partial charge on any atom is 0.0617 e. The second kappa shape index (κ2) is 6.72. The second-order valence-corrected chi connectivity index (χ2v) is 6.30. The van der Waals surface area contributed by atoms with Gasteiger partial charge in [-0.25, -0.2) is 0 Å². The van der Waals surface area contributed by atoms with Gasteiger partial charge in [0.1, 0.15) is 0 Å². The molecule has 102 valence electrons. The average molecular weight is 242 g/mol. The minimum absolute atomic E-state index is 0.240. The lowest BCUT2D eigenvalue weighted by Crippen LogP contribution is -2.41. The zero-order valence-corrected chi connectivity index (χ0v) is 12.3. The summed E-state index contributed by atoms with van der Waals surface area (Å²) in [5.41, 5.74) is 0.240. The topological polar surface area (TPSA) is 24.5 Å². The summed E-state index contributed by atoms with van der Waals surface area (Å²) in [5.74, 6) is 0.806. The molecule has 0 bridgehead atoms. The van der Waals surface area contributed by atoms with Gasteiger partial charge in [-0.05, 0) is 52.6 Å². The monoisotopic (exact) mass is 242 g/mol. The van der Waals surface area contributed by atoms with Crippen LogP contribution in [-0.2, 0) is 4.74 Å². The fourth-order valence-electron chi connectivity index (χ4n) is 2.49. The Kier molecular flexibility index (Phi) is 5.90. The predicted molar refractivity (Wildman–Crippen MR) is 73.4 cm³/mol. The Hall–Kier alpha value is -0.120. The van der Waals surface area contributed by atoms with Crippen LogP contribution in [0.2, 0.25) is 0 Å². The van der Waals surface area contributed by atoms with Gasteiger partial charge >= 0.3 is 0 Å². The molecule has 0 aromatic carbocycles. The van der Waals surface area contributed by atoms with Crippen LogP contribution in [-0.4, -0.2) is 49.8 Å². The van der Waals surface area contributed by atoms with Gasteiger partial charge in [-0.3, -0.25) is 4.90 Å². The van der Waals surface area contributed by atoms with E-state index >= 15 is 0 Å². The van der Waals surface area contributed by atoms with Crippen LogP contribution in [0.4, 0.5) is 0 Å². The summed E-state index contributed by atoms with van der Waals surface area (Å²) in [7, 11) is 1.80. The molecule has 0 amide bonds. The number of methoxy groups -OCH3 is 1. The first kappa shape index (κ1) is 14.9. The van der Waals surface area contributed by atoms with Crippen LogP contribution in [0.3, 0.4) is 0 Å². The third-order valence-electron chi connectivity index (χ3n) is 3.59. The first-order valence-corrected chi connectivity index (χ1v) is 6.94. The van der Waals surface area contributed by atoms with E-state index in [0.29, 0.717) is 6.04 Å². The molecule has 0 aromatic heterocycles. The van der Waals surface area contributed by atoms with Crippen LogP contribution in [0, 0.1) is 5.92 Å². The summed E-state index contributed by atoms with van der Waals surface area (Å²) < 4.78 is 5.30. The highest BCUT2D eigenvalue weighted by atomic mass is 16.5. The van der Waals surface area contributed by atoms with Crippen LogP contribution in [0.1, 0.15) is 40.5 Å². The lowest BCUT2D eigenvalue weighted by atomic mass is 10.1. The normalized spacial score (nSPS) is 24.2. The molecular weight excluding hydrogens is 212 g/mol. The molecule has 1 fully saturated rings. The molecule has 2 atom stereocenters. The van der Waals surface area contributed by atoms with Crippen LogP contribution < -0.4 is 5.32 Å². The Morgan fingerprint density at radius 3 is 2.65 bits per heavy atom. The molecule has 1 rings (SSSR count). The van der Waals surface area contributed by atoms with Gasteiger partial charge in [0.15, 0.2) is 0 Å². The zero-order valence-electron chi connectivity index (χ0n) is 12.3. The lowest BCUT2D eigenvalue weighted by Gasteiger charge is -2.27. The Bertz CT molecular complexity index is 213. The highest BCUT2D eigenvalue weighted by molar-refractivity contribution is 4.83. The van der Waals surface area contributed by atoms with E-state index in [0.717, 1.165) is 19.1 Å². The van der Waals surface area contributed by atoms with Crippen LogP contribution in [0.5, 0.6) is 0 Å². The summed E-state index contributed by atoms with van der Waals surface area (Å²) in [6.07, 6.45) is 2.51. The molecule has 0 aromatic rings. The molecule has 1 N–H and O–H groups in total. The Labute approximate surface area is 107 Å². The summed E-state index contributed by atoms with van der Waals surface area (Å²) in [6.45, 7) is 13.4. The molecule has 0 saturated carbocycles. The van der Waals surface area contributed by atoms with Gasteiger partial charge in [0.2, 0.25) is 0 Å². The minimum Gasteiger partial charge on any atom is -0.383 e. The molecule has 1 saturated heterocycles. The molecule has 3 heteroatoms. The molecule has 1 heterocycles. The summed E-state index contributed by atoms with van der Waals surface area (Å²) in [6, 6.07) is 0.611. The van der Waals surface area contributed by atoms with E-state index in [2.05, 4.69) is 37.9 Å². The molecule has 0 radical (unpaired) electrons. The number of nitrogens with one attached hydrogen (secondary N) is 1. The summed E-state index contributed by atoms with van der Waals surface area (Å²) in [5, 5.41) is 3.62. The second-order valence-electron chi connectivity index (χ2n) is 6.30. The number of hydrogen-bond donors (Lipinski definition) is 1. The van der Waals surface area contributed by atoms with E-state index in [1.807, 2.05) is 0 Å². The number of rotatable bonds is 6. The van der Waals surface area contributed by atoms with Gasteiger partial charge in [0.05, 0.1) is 6.61 Å². The molecular formula is C14H30N2O. The molecule has 3 nitrogen and oxygen atoms in total. The number of hydrogen-bond acceptors (Lipinski definition) is 3. The van der Waals surface area contributed by atoms with Crippen molar-refractivity contribution >= 4 is 0 Å². The van der Waals surface area contributed by atoms with Crippen LogP contribution in [0.25, 0.3) is 0 Å².